The highest BCUT2D eigenvalue weighted by Gasteiger charge is 2.18. The van der Waals surface area contributed by atoms with Crippen LogP contribution in [0.1, 0.15) is 13.8 Å². The number of nitrogens with zero attached hydrogens (tertiary/aromatic N) is 6. The van der Waals surface area contributed by atoms with Crippen LogP contribution < -0.4 is 5.32 Å². The van der Waals surface area contributed by atoms with E-state index in [4.69, 9.17) is 9.97 Å². The molecule has 10 nitrogen and oxygen atoms in total. The van der Waals surface area contributed by atoms with Crippen LogP contribution in [0.3, 0.4) is 0 Å². The number of hydrogen-bond acceptors (Lipinski definition) is 7. The molecule has 0 aliphatic heterocycles. The van der Waals surface area contributed by atoms with Crippen molar-refractivity contribution in [2.45, 2.75) is 13.8 Å². The Kier molecular flexibility index (Phi) is 5.18. The number of H-pyrrole nitrogens is 2. The van der Waals surface area contributed by atoms with Crippen LogP contribution in [0.5, 0.6) is 0 Å². The molecule has 0 aliphatic carbocycles. The van der Waals surface area contributed by atoms with Crippen molar-refractivity contribution in [2.75, 3.05) is 5.32 Å². The summed E-state index contributed by atoms with van der Waals surface area (Å²) in [7, 11) is 0. The zero-order valence-corrected chi connectivity index (χ0v) is 19.5. The fourth-order valence-corrected chi connectivity index (χ4v) is 3.91. The van der Waals surface area contributed by atoms with Crippen molar-refractivity contribution in [1.82, 2.24) is 40.1 Å². The Hall–Kier alpha value is -4.99. The highest BCUT2D eigenvalue weighted by atomic mass is 16.1. The summed E-state index contributed by atoms with van der Waals surface area (Å²) in [4.78, 5) is 38.2. The Balaban J connectivity index is 1.41. The lowest BCUT2D eigenvalue weighted by Gasteiger charge is -2.08. The van der Waals surface area contributed by atoms with Crippen molar-refractivity contribution in [3.63, 3.8) is 0 Å². The fourth-order valence-electron chi connectivity index (χ4n) is 3.91. The minimum atomic E-state index is -0.131. The summed E-state index contributed by atoms with van der Waals surface area (Å²) in [5, 5.41) is 10.4. The summed E-state index contributed by atoms with van der Waals surface area (Å²) in [6, 6.07) is 11.4. The van der Waals surface area contributed by atoms with Gasteiger partial charge in [0.05, 0.1) is 40.5 Å². The van der Waals surface area contributed by atoms with Gasteiger partial charge in [0.15, 0.2) is 11.5 Å². The molecule has 0 aromatic carbocycles. The van der Waals surface area contributed by atoms with Gasteiger partial charge in [-0.25, -0.2) is 9.97 Å². The maximum atomic E-state index is 12.1. The third-order valence-electron chi connectivity index (χ3n) is 5.79. The molecule has 0 saturated heterocycles. The Labute approximate surface area is 205 Å². The molecule has 0 spiro atoms. The zero-order chi connectivity index (χ0) is 24.6. The lowest BCUT2D eigenvalue weighted by molar-refractivity contribution is -0.118. The molecular weight excluding hydrogens is 454 g/mol. The van der Waals surface area contributed by atoms with E-state index in [0.717, 1.165) is 33.4 Å². The summed E-state index contributed by atoms with van der Waals surface area (Å²) in [6.45, 7) is 3.69. The van der Waals surface area contributed by atoms with E-state index in [1.807, 2.05) is 50.2 Å². The van der Waals surface area contributed by atoms with Crippen molar-refractivity contribution in [3.8, 4) is 34.0 Å². The number of imidazole rings is 1. The van der Waals surface area contributed by atoms with Crippen LogP contribution in [0.15, 0.2) is 67.4 Å². The number of hydrogen-bond donors (Lipinski definition) is 3. The van der Waals surface area contributed by atoms with Crippen molar-refractivity contribution in [3.05, 3.63) is 67.4 Å². The minimum absolute atomic E-state index is 0.0704. The minimum Gasteiger partial charge on any atom is -0.335 e. The quantitative estimate of drug-likeness (QED) is 0.331. The van der Waals surface area contributed by atoms with Gasteiger partial charge in [-0.05, 0) is 30.3 Å². The van der Waals surface area contributed by atoms with Crippen molar-refractivity contribution in [1.29, 1.82) is 0 Å². The lowest BCUT2D eigenvalue weighted by Crippen LogP contribution is -2.17. The van der Waals surface area contributed by atoms with Gasteiger partial charge in [-0.1, -0.05) is 19.9 Å². The van der Waals surface area contributed by atoms with E-state index in [0.29, 0.717) is 28.4 Å². The number of carbonyl (C=O) groups excluding carboxylic acids is 1. The molecule has 0 atom stereocenters. The highest BCUT2D eigenvalue weighted by Crippen LogP contribution is 2.30. The van der Waals surface area contributed by atoms with Gasteiger partial charge in [-0.15, -0.1) is 0 Å². The number of fused-ring (bicyclic) bond motifs is 2. The number of pyridine rings is 4. The van der Waals surface area contributed by atoms with Gasteiger partial charge in [0.25, 0.3) is 0 Å². The lowest BCUT2D eigenvalue weighted by atomic mass is 10.1. The second-order valence-corrected chi connectivity index (χ2v) is 8.65. The first-order valence-electron chi connectivity index (χ1n) is 11.4. The maximum Gasteiger partial charge on any atom is 0.226 e. The van der Waals surface area contributed by atoms with Gasteiger partial charge in [-0.2, -0.15) is 5.10 Å². The standard InChI is InChI=1S/C26H21N9O/c1-14(2)26(36)30-16-9-15(10-27-11-16)18-6-7-20-23(31-18)24(35-34-20)25-32-21-13-28-12-17(22(21)33-25)19-5-3-4-8-29-19/h3-14H,1-2H3,(H,30,36)(H,32,33)(H,34,35). The first kappa shape index (κ1) is 21.5. The van der Waals surface area contributed by atoms with Gasteiger partial charge in [-0.3, -0.25) is 24.8 Å². The van der Waals surface area contributed by atoms with Crippen LogP contribution in [0.25, 0.3) is 56.1 Å². The average molecular weight is 476 g/mol. The molecule has 10 heteroatoms. The SMILES string of the molecule is CC(C)C(=O)Nc1cncc(-c2ccc3[nH]nc(-c4nc5c(-c6ccccn6)cncc5[nH]4)c3n2)c1. The zero-order valence-electron chi connectivity index (χ0n) is 19.5. The predicted octanol–water partition coefficient (Wildman–Crippen LogP) is 4.61. The average Bonchev–Trinajstić information content (AvgIpc) is 3.53. The number of amides is 1. The van der Waals surface area contributed by atoms with E-state index in [1.165, 1.54) is 0 Å². The fraction of sp³-hybridized carbons (Fsp3) is 0.115. The molecule has 6 aromatic heterocycles. The molecule has 6 aromatic rings. The van der Waals surface area contributed by atoms with Crippen molar-refractivity contribution in [2.24, 2.45) is 5.92 Å². The second-order valence-electron chi connectivity index (χ2n) is 8.65. The topological polar surface area (TPSA) is 138 Å². The normalized spacial score (nSPS) is 11.4. The summed E-state index contributed by atoms with van der Waals surface area (Å²) in [6.07, 6.45) is 8.56. The number of aromatic amines is 2. The Morgan fingerprint density at radius 1 is 0.917 bits per heavy atom. The number of rotatable bonds is 5. The van der Waals surface area contributed by atoms with Crippen LogP contribution in [-0.4, -0.2) is 46.0 Å². The number of carbonyl (C=O) groups is 1. The molecule has 1 amide bonds. The number of nitrogens with one attached hydrogen (secondary N) is 3. The molecule has 176 valence electrons. The molecule has 0 unspecified atom stereocenters. The predicted molar refractivity (Wildman–Crippen MR) is 137 cm³/mol. The Bertz CT molecular complexity index is 1720. The Morgan fingerprint density at radius 3 is 2.64 bits per heavy atom. The van der Waals surface area contributed by atoms with E-state index in [9.17, 15) is 4.79 Å². The van der Waals surface area contributed by atoms with Crippen LogP contribution in [0.4, 0.5) is 5.69 Å². The van der Waals surface area contributed by atoms with Crippen molar-refractivity contribution >= 4 is 33.7 Å². The van der Waals surface area contributed by atoms with E-state index in [-0.39, 0.29) is 11.8 Å². The molecule has 6 rings (SSSR count). The van der Waals surface area contributed by atoms with E-state index in [2.05, 4.69) is 35.5 Å². The highest BCUT2D eigenvalue weighted by molar-refractivity contribution is 5.95. The molecule has 0 radical (unpaired) electrons. The maximum absolute atomic E-state index is 12.1. The monoisotopic (exact) mass is 475 g/mol. The largest absolute Gasteiger partial charge is 0.335 e. The van der Waals surface area contributed by atoms with Gasteiger partial charge < -0.3 is 10.3 Å². The van der Waals surface area contributed by atoms with E-state index >= 15 is 0 Å². The van der Waals surface area contributed by atoms with Crippen LogP contribution in [0.2, 0.25) is 0 Å². The van der Waals surface area contributed by atoms with Gasteiger partial charge in [0.2, 0.25) is 5.91 Å². The summed E-state index contributed by atoms with van der Waals surface area (Å²) >= 11 is 0. The smallest absolute Gasteiger partial charge is 0.226 e. The molecule has 6 heterocycles. The summed E-state index contributed by atoms with van der Waals surface area (Å²) in [5.41, 5.74) is 7.27. The van der Waals surface area contributed by atoms with Crippen molar-refractivity contribution < 1.29 is 4.79 Å². The van der Waals surface area contributed by atoms with Crippen LogP contribution in [0, 0.1) is 5.92 Å². The third-order valence-corrected chi connectivity index (χ3v) is 5.79. The molecule has 0 aliphatic rings. The summed E-state index contributed by atoms with van der Waals surface area (Å²) < 4.78 is 0. The number of aromatic nitrogens is 8. The second kappa shape index (κ2) is 8.66. The van der Waals surface area contributed by atoms with E-state index in [1.54, 1.807) is 31.0 Å². The first-order valence-corrected chi connectivity index (χ1v) is 11.4. The van der Waals surface area contributed by atoms with Gasteiger partial charge in [0.1, 0.15) is 11.0 Å². The molecule has 0 saturated carbocycles. The first-order chi connectivity index (χ1) is 17.6. The molecule has 3 N–H and O–H groups in total. The van der Waals surface area contributed by atoms with Crippen LogP contribution in [-0.2, 0) is 4.79 Å². The van der Waals surface area contributed by atoms with Gasteiger partial charge >= 0.3 is 0 Å². The van der Waals surface area contributed by atoms with Gasteiger partial charge in [0, 0.05) is 35.6 Å². The Morgan fingerprint density at radius 2 is 1.81 bits per heavy atom. The number of anilines is 1. The van der Waals surface area contributed by atoms with Crippen LogP contribution >= 0.6 is 0 Å². The third kappa shape index (κ3) is 3.84. The molecule has 0 bridgehead atoms. The molecular formula is C26H21N9O. The molecule has 36 heavy (non-hydrogen) atoms. The molecule has 0 fully saturated rings. The van der Waals surface area contributed by atoms with E-state index < -0.39 is 0 Å². The summed E-state index contributed by atoms with van der Waals surface area (Å²) in [5.74, 6) is 0.370.